The molecule has 1 aromatic carbocycles. The summed E-state index contributed by atoms with van der Waals surface area (Å²) in [5.74, 6) is -0.272. The van der Waals surface area contributed by atoms with Gasteiger partial charge in [-0.25, -0.2) is 4.68 Å². The van der Waals surface area contributed by atoms with Crippen LogP contribution in [0.3, 0.4) is 0 Å². The van der Waals surface area contributed by atoms with Crippen LogP contribution in [0, 0.1) is 0 Å². The van der Waals surface area contributed by atoms with Gasteiger partial charge in [-0.15, -0.1) is 0 Å². The first-order valence-corrected chi connectivity index (χ1v) is 6.03. The van der Waals surface area contributed by atoms with Gasteiger partial charge in [0.1, 0.15) is 5.69 Å². The van der Waals surface area contributed by atoms with E-state index in [2.05, 4.69) is 10.4 Å². The topological polar surface area (TPSA) is 64.0 Å². The maximum atomic E-state index is 11.8. The molecule has 0 aliphatic heterocycles. The van der Waals surface area contributed by atoms with Crippen molar-refractivity contribution in [2.75, 3.05) is 6.54 Å². The van der Waals surface area contributed by atoms with Gasteiger partial charge in [-0.3, -0.25) is 9.59 Å². The van der Waals surface area contributed by atoms with Gasteiger partial charge in [0.05, 0.1) is 0 Å². The largest absolute Gasteiger partial charge is 0.350 e. The number of nitrogens with one attached hydrogen (secondary N) is 1. The van der Waals surface area contributed by atoms with Crippen molar-refractivity contribution in [2.45, 2.75) is 6.42 Å². The van der Waals surface area contributed by atoms with E-state index in [1.54, 1.807) is 0 Å². The molecular weight excluding hydrogens is 242 g/mol. The van der Waals surface area contributed by atoms with E-state index in [4.69, 9.17) is 0 Å². The zero-order chi connectivity index (χ0) is 13.7. The number of rotatable bonds is 4. The Balaban J connectivity index is 1.91. The molecule has 1 heterocycles. The number of hydrogen-bond acceptors (Lipinski definition) is 3. The number of nitrogens with zero attached hydrogens (tertiary/aromatic N) is 2. The third-order valence-electron chi connectivity index (χ3n) is 2.74. The molecule has 0 aliphatic carbocycles. The second-order valence-corrected chi connectivity index (χ2v) is 4.17. The number of carbonyl (C=O) groups excluding carboxylic acids is 1. The third kappa shape index (κ3) is 3.51. The Labute approximate surface area is 110 Å². The molecule has 0 bridgehead atoms. The Bertz CT molecular complexity index is 620. The molecule has 5 heteroatoms. The van der Waals surface area contributed by atoms with E-state index < -0.39 is 0 Å². The van der Waals surface area contributed by atoms with Crippen molar-refractivity contribution in [2.24, 2.45) is 7.05 Å². The summed E-state index contributed by atoms with van der Waals surface area (Å²) in [6, 6.07) is 12.7. The predicted molar refractivity (Wildman–Crippen MR) is 72.0 cm³/mol. The second-order valence-electron chi connectivity index (χ2n) is 4.17. The number of hydrogen-bond donors (Lipinski definition) is 1. The van der Waals surface area contributed by atoms with Crippen molar-refractivity contribution in [1.29, 1.82) is 0 Å². The molecule has 1 aromatic heterocycles. The molecule has 5 nitrogen and oxygen atoms in total. The van der Waals surface area contributed by atoms with Crippen LogP contribution in [0.1, 0.15) is 16.1 Å². The zero-order valence-corrected chi connectivity index (χ0v) is 10.7. The molecule has 1 amide bonds. The van der Waals surface area contributed by atoms with Gasteiger partial charge in [0, 0.05) is 19.7 Å². The normalized spacial score (nSPS) is 10.2. The highest BCUT2D eigenvalue weighted by atomic mass is 16.2. The molecule has 98 valence electrons. The molecule has 0 spiro atoms. The summed E-state index contributed by atoms with van der Waals surface area (Å²) in [6.45, 7) is 0.535. The third-order valence-corrected chi connectivity index (χ3v) is 2.74. The summed E-state index contributed by atoms with van der Waals surface area (Å²) in [5.41, 5.74) is 1.17. The van der Waals surface area contributed by atoms with Crippen molar-refractivity contribution in [1.82, 2.24) is 15.1 Å². The minimum atomic E-state index is -0.272. The van der Waals surface area contributed by atoms with E-state index in [1.807, 2.05) is 30.3 Å². The Kier molecular flexibility index (Phi) is 4.07. The lowest BCUT2D eigenvalue weighted by atomic mass is 10.1. The summed E-state index contributed by atoms with van der Waals surface area (Å²) in [6.07, 6.45) is 0.762. The van der Waals surface area contributed by atoms with Crippen LogP contribution in [0.25, 0.3) is 0 Å². The lowest BCUT2D eigenvalue weighted by Gasteiger charge is -2.05. The quantitative estimate of drug-likeness (QED) is 0.879. The number of benzene rings is 1. The highest BCUT2D eigenvalue weighted by Gasteiger charge is 2.07. The minimum absolute atomic E-state index is 0.235. The van der Waals surface area contributed by atoms with Crippen molar-refractivity contribution >= 4 is 5.91 Å². The molecule has 0 saturated heterocycles. The van der Waals surface area contributed by atoms with Crippen LogP contribution in [0.5, 0.6) is 0 Å². The highest BCUT2D eigenvalue weighted by Crippen LogP contribution is 1.98. The highest BCUT2D eigenvalue weighted by molar-refractivity contribution is 5.91. The first-order chi connectivity index (χ1) is 9.16. The number of aromatic nitrogens is 2. The van der Waals surface area contributed by atoms with E-state index in [9.17, 15) is 9.59 Å². The SMILES string of the molecule is Cn1nc(C(=O)NCCc2ccccc2)ccc1=O. The molecule has 2 rings (SSSR count). The van der Waals surface area contributed by atoms with E-state index in [1.165, 1.54) is 19.2 Å². The first-order valence-electron chi connectivity index (χ1n) is 6.03. The van der Waals surface area contributed by atoms with Gasteiger partial charge in [-0.2, -0.15) is 5.10 Å². The van der Waals surface area contributed by atoms with Crippen LogP contribution in [0.2, 0.25) is 0 Å². The Morgan fingerprint density at radius 1 is 1.21 bits per heavy atom. The van der Waals surface area contributed by atoms with Crippen LogP contribution in [0.4, 0.5) is 0 Å². The fourth-order valence-corrected chi connectivity index (χ4v) is 1.68. The Hall–Kier alpha value is -2.43. The monoisotopic (exact) mass is 257 g/mol. The van der Waals surface area contributed by atoms with Crippen molar-refractivity contribution in [3.63, 3.8) is 0 Å². The standard InChI is InChI=1S/C14H15N3O2/c1-17-13(18)8-7-12(16-17)14(19)15-10-9-11-5-3-2-4-6-11/h2-8H,9-10H2,1H3,(H,15,19). The molecular formula is C14H15N3O2. The fourth-order valence-electron chi connectivity index (χ4n) is 1.68. The van der Waals surface area contributed by atoms with Crippen LogP contribution in [0.15, 0.2) is 47.3 Å². The zero-order valence-electron chi connectivity index (χ0n) is 10.7. The second kappa shape index (κ2) is 5.95. The number of carbonyl (C=O) groups is 1. The molecule has 19 heavy (non-hydrogen) atoms. The van der Waals surface area contributed by atoms with Crippen LogP contribution < -0.4 is 10.9 Å². The Morgan fingerprint density at radius 3 is 2.63 bits per heavy atom. The van der Waals surface area contributed by atoms with Crippen molar-refractivity contribution in [3.05, 3.63) is 64.1 Å². The van der Waals surface area contributed by atoms with Gasteiger partial charge in [-0.1, -0.05) is 30.3 Å². The van der Waals surface area contributed by atoms with Crippen molar-refractivity contribution in [3.8, 4) is 0 Å². The molecule has 0 saturated carbocycles. The van der Waals surface area contributed by atoms with Gasteiger partial charge in [0.15, 0.2) is 0 Å². The van der Waals surface area contributed by atoms with E-state index >= 15 is 0 Å². The maximum Gasteiger partial charge on any atom is 0.271 e. The lowest BCUT2D eigenvalue weighted by molar-refractivity contribution is 0.0947. The smallest absolute Gasteiger partial charge is 0.271 e. The minimum Gasteiger partial charge on any atom is -0.350 e. The maximum absolute atomic E-state index is 11.8. The molecule has 1 N–H and O–H groups in total. The molecule has 0 fully saturated rings. The fraction of sp³-hybridized carbons (Fsp3) is 0.214. The van der Waals surface area contributed by atoms with Crippen LogP contribution >= 0.6 is 0 Å². The summed E-state index contributed by atoms with van der Waals surface area (Å²) in [5, 5.41) is 6.67. The molecule has 0 radical (unpaired) electrons. The molecule has 0 unspecified atom stereocenters. The van der Waals surface area contributed by atoms with Gasteiger partial charge < -0.3 is 5.32 Å². The summed E-state index contributed by atoms with van der Waals surface area (Å²) >= 11 is 0. The van der Waals surface area contributed by atoms with Gasteiger partial charge in [0.2, 0.25) is 0 Å². The predicted octanol–water partition coefficient (Wildman–Crippen LogP) is 0.753. The lowest BCUT2D eigenvalue weighted by Crippen LogP contribution is -2.29. The van der Waals surface area contributed by atoms with Gasteiger partial charge in [-0.05, 0) is 18.1 Å². The summed E-state index contributed by atoms with van der Waals surface area (Å²) in [4.78, 5) is 23.0. The van der Waals surface area contributed by atoms with Crippen LogP contribution in [-0.2, 0) is 13.5 Å². The number of amides is 1. The van der Waals surface area contributed by atoms with Crippen LogP contribution in [-0.4, -0.2) is 22.2 Å². The van der Waals surface area contributed by atoms with E-state index in [0.717, 1.165) is 16.7 Å². The Morgan fingerprint density at radius 2 is 1.95 bits per heavy atom. The van der Waals surface area contributed by atoms with E-state index in [0.29, 0.717) is 6.54 Å². The molecule has 2 aromatic rings. The van der Waals surface area contributed by atoms with Gasteiger partial charge >= 0.3 is 0 Å². The van der Waals surface area contributed by atoms with Crippen molar-refractivity contribution < 1.29 is 4.79 Å². The average molecular weight is 257 g/mol. The average Bonchev–Trinajstić information content (AvgIpc) is 2.43. The molecule has 0 atom stereocenters. The summed E-state index contributed by atoms with van der Waals surface area (Å²) < 4.78 is 1.14. The summed E-state index contributed by atoms with van der Waals surface area (Å²) in [7, 11) is 1.52. The number of aryl methyl sites for hydroxylation is 1. The van der Waals surface area contributed by atoms with E-state index in [-0.39, 0.29) is 17.2 Å². The van der Waals surface area contributed by atoms with Gasteiger partial charge in [0.25, 0.3) is 11.5 Å². The molecule has 0 aliphatic rings. The first kappa shape index (κ1) is 13.0.